The van der Waals surface area contributed by atoms with Crippen molar-refractivity contribution in [1.82, 2.24) is 9.38 Å². The number of amides is 2. The van der Waals surface area contributed by atoms with Crippen LogP contribution in [0.4, 0.5) is 29.3 Å². The highest BCUT2D eigenvalue weighted by molar-refractivity contribution is 6.00. The number of benzene rings is 2. The average molecular weight is 468 g/mol. The Bertz CT molecular complexity index is 1400. The molecule has 0 spiro atoms. The van der Waals surface area contributed by atoms with E-state index in [-0.39, 0.29) is 17.9 Å². The van der Waals surface area contributed by atoms with Gasteiger partial charge in [-0.15, -0.1) is 0 Å². The summed E-state index contributed by atoms with van der Waals surface area (Å²) in [4.78, 5) is 28.8. The van der Waals surface area contributed by atoms with Gasteiger partial charge in [-0.25, -0.2) is 9.78 Å². The van der Waals surface area contributed by atoms with Crippen molar-refractivity contribution < 1.29 is 22.7 Å². The van der Waals surface area contributed by atoms with Crippen LogP contribution in [0.15, 0.2) is 77.7 Å². The quantitative estimate of drug-likeness (QED) is 0.419. The highest BCUT2D eigenvalue weighted by Crippen LogP contribution is 2.34. The molecule has 0 atom stereocenters. The number of nitrogens with zero attached hydrogens (tertiary/aromatic N) is 2. The van der Waals surface area contributed by atoms with Gasteiger partial charge in [0, 0.05) is 18.0 Å². The van der Waals surface area contributed by atoms with Gasteiger partial charge in [-0.3, -0.25) is 9.20 Å². The summed E-state index contributed by atoms with van der Waals surface area (Å²) < 4.78 is 46.3. The van der Waals surface area contributed by atoms with Crippen molar-refractivity contribution in [1.29, 1.82) is 0 Å². The Hall–Kier alpha value is -4.34. The van der Waals surface area contributed by atoms with Gasteiger partial charge < -0.3 is 15.4 Å². The number of para-hydroxylation sites is 1. The molecule has 0 aliphatic heterocycles. The van der Waals surface area contributed by atoms with Gasteiger partial charge in [0.25, 0.3) is 5.56 Å². The van der Waals surface area contributed by atoms with Gasteiger partial charge in [-0.1, -0.05) is 12.1 Å². The molecule has 4 aromatic rings. The lowest BCUT2D eigenvalue weighted by molar-refractivity contribution is -0.136. The number of hydrogen-bond donors (Lipinski definition) is 2. The molecule has 10 heteroatoms. The van der Waals surface area contributed by atoms with Crippen LogP contribution in [0.2, 0.25) is 0 Å². The molecule has 0 saturated heterocycles. The van der Waals surface area contributed by atoms with E-state index in [2.05, 4.69) is 15.6 Å². The summed E-state index contributed by atoms with van der Waals surface area (Å²) >= 11 is 0. The molecule has 0 bridgehead atoms. The number of nitrogens with one attached hydrogen (secondary N) is 2. The number of halogens is 3. The third-order valence-corrected chi connectivity index (χ3v) is 4.86. The predicted octanol–water partition coefficient (Wildman–Crippen LogP) is 5.24. The van der Waals surface area contributed by atoms with Crippen molar-refractivity contribution >= 4 is 23.1 Å². The largest absolute Gasteiger partial charge is 0.487 e. The third kappa shape index (κ3) is 5.34. The minimum atomic E-state index is -4.59. The zero-order valence-corrected chi connectivity index (χ0v) is 17.9. The summed E-state index contributed by atoms with van der Waals surface area (Å²) in [6.45, 7) is 1.96. The molecule has 0 aliphatic rings. The van der Waals surface area contributed by atoms with Crippen LogP contribution in [0.3, 0.4) is 0 Å². The highest BCUT2D eigenvalue weighted by atomic mass is 19.4. The fourth-order valence-electron chi connectivity index (χ4n) is 3.24. The second kappa shape index (κ2) is 9.26. The molecule has 0 aliphatic carbocycles. The van der Waals surface area contributed by atoms with Gasteiger partial charge >= 0.3 is 12.2 Å². The first-order valence-electron chi connectivity index (χ1n) is 10.1. The van der Waals surface area contributed by atoms with Crippen LogP contribution in [-0.4, -0.2) is 15.4 Å². The van der Waals surface area contributed by atoms with E-state index in [0.717, 1.165) is 11.6 Å². The summed E-state index contributed by atoms with van der Waals surface area (Å²) in [5, 5.41) is 4.68. The zero-order chi connectivity index (χ0) is 24.3. The van der Waals surface area contributed by atoms with Crippen molar-refractivity contribution in [3.63, 3.8) is 0 Å². The Morgan fingerprint density at radius 2 is 1.76 bits per heavy atom. The SMILES string of the molecule is Cc1ccn2c(=O)cc(COc3ccc(NC(=O)Nc4ccccc4C(F)(F)F)cc3)nc2c1. The number of ether oxygens (including phenoxy) is 1. The topological polar surface area (TPSA) is 84.7 Å². The van der Waals surface area contributed by atoms with Gasteiger partial charge in [0.1, 0.15) is 18.0 Å². The first-order chi connectivity index (χ1) is 16.2. The van der Waals surface area contributed by atoms with Crippen LogP contribution in [0, 0.1) is 6.92 Å². The lowest BCUT2D eigenvalue weighted by Gasteiger charge is -2.14. The second-order valence-corrected chi connectivity index (χ2v) is 7.45. The van der Waals surface area contributed by atoms with Crippen molar-refractivity contribution in [2.24, 2.45) is 0 Å². The number of rotatable bonds is 5. The van der Waals surface area contributed by atoms with E-state index in [1.807, 2.05) is 13.0 Å². The molecular weight excluding hydrogens is 449 g/mol. The number of carbonyl (C=O) groups is 1. The summed E-state index contributed by atoms with van der Waals surface area (Å²) in [7, 11) is 0. The summed E-state index contributed by atoms with van der Waals surface area (Å²) in [6.07, 6.45) is -2.93. The fraction of sp³-hybridized carbons (Fsp3) is 0.125. The van der Waals surface area contributed by atoms with Crippen molar-refractivity contribution in [2.75, 3.05) is 10.6 Å². The van der Waals surface area contributed by atoms with Gasteiger partial charge in [-0.05, 0) is 61.0 Å². The standard InChI is InChI=1S/C24H19F3N4O3/c1-15-10-11-31-21(12-15)28-17(13-22(31)32)14-34-18-8-6-16(7-9-18)29-23(33)30-20-5-3-2-4-19(20)24(25,26)27/h2-13H,14H2,1H3,(H2,29,30,33). The highest BCUT2D eigenvalue weighted by Gasteiger charge is 2.33. The minimum absolute atomic E-state index is 0.0567. The molecule has 0 radical (unpaired) electrons. The molecule has 2 amide bonds. The number of anilines is 2. The van der Waals surface area contributed by atoms with E-state index in [9.17, 15) is 22.8 Å². The van der Waals surface area contributed by atoms with E-state index >= 15 is 0 Å². The van der Waals surface area contributed by atoms with Crippen LogP contribution in [0.5, 0.6) is 5.75 Å². The molecule has 2 aromatic heterocycles. The number of aryl methyl sites for hydroxylation is 1. The van der Waals surface area contributed by atoms with E-state index < -0.39 is 17.8 Å². The number of pyridine rings is 1. The van der Waals surface area contributed by atoms with Gasteiger partial charge in [0.05, 0.1) is 16.9 Å². The second-order valence-electron chi connectivity index (χ2n) is 7.45. The molecule has 2 heterocycles. The molecule has 0 saturated carbocycles. The number of carbonyl (C=O) groups excluding carboxylic acids is 1. The molecule has 7 nitrogen and oxygen atoms in total. The zero-order valence-electron chi connectivity index (χ0n) is 17.9. The smallest absolute Gasteiger partial charge is 0.418 e. The lowest BCUT2D eigenvalue weighted by Crippen LogP contribution is -2.21. The summed E-state index contributed by atoms with van der Waals surface area (Å²) in [5.41, 5.74) is 0.795. The maximum absolute atomic E-state index is 13.1. The number of aromatic nitrogens is 2. The Balaban J connectivity index is 1.38. The van der Waals surface area contributed by atoms with Crippen LogP contribution < -0.4 is 20.9 Å². The number of hydrogen-bond acceptors (Lipinski definition) is 4. The van der Waals surface area contributed by atoms with Crippen LogP contribution in [0.1, 0.15) is 16.8 Å². The summed E-state index contributed by atoms with van der Waals surface area (Å²) in [5.74, 6) is 0.458. The van der Waals surface area contributed by atoms with Gasteiger partial charge in [0.2, 0.25) is 0 Å². The number of fused-ring (bicyclic) bond motifs is 1. The maximum atomic E-state index is 13.1. The Labute approximate surface area is 191 Å². The van der Waals surface area contributed by atoms with E-state index in [1.165, 1.54) is 40.8 Å². The van der Waals surface area contributed by atoms with Crippen molar-refractivity contribution in [3.8, 4) is 5.75 Å². The first-order valence-corrected chi connectivity index (χ1v) is 10.1. The normalized spacial score (nSPS) is 11.3. The Kier molecular flexibility index (Phi) is 6.22. The fourth-order valence-corrected chi connectivity index (χ4v) is 3.24. The van der Waals surface area contributed by atoms with E-state index in [4.69, 9.17) is 4.74 Å². The van der Waals surface area contributed by atoms with Crippen molar-refractivity contribution in [3.05, 3.63) is 100 Å². The first kappa shape index (κ1) is 22.8. The van der Waals surface area contributed by atoms with Crippen LogP contribution in [-0.2, 0) is 12.8 Å². The monoisotopic (exact) mass is 468 g/mol. The lowest BCUT2D eigenvalue weighted by atomic mass is 10.1. The maximum Gasteiger partial charge on any atom is 0.418 e. The molecule has 174 valence electrons. The van der Waals surface area contributed by atoms with E-state index in [0.29, 0.717) is 22.8 Å². The number of alkyl halides is 3. The number of urea groups is 1. The summed E-state index contributed by atoms with van der Waals surface area (Å²) in [6, 6.07) is 15.1. The van der Waals surface area contributed by atoms with Crippen LogP contribution >= 0.6 is 0 Å². The minimum Gasteiger partial charge on any atom is -0.487 e. The van der Waals surface area contributed by atoms with Crippen LogP contribution in [0.25, 0.3) is 5.65 Å². The Morgan fingerprint density at radius 1 is 1.03 bits per heavy atom. The average Bonchev–Trinajstić information content (AvgIpc) is 2.78. The molecule has 4 rings (SSSR count). The molecule has 2 aromatic carbocycles. The van der Waals surface area contributed by atoms with E-state index in [1.54, 1.807) is 24.4 Å². The third-order valence-electron chi connectivity index (χ3n) is 4.86. The molecule has 0 fully saturated rings. The molecule has 34 heavy (non-hydrogen) atoms. The Morgan fingerprint density at radius 3 is 2.50 bits per heavy atom. The van der Waals surface area contributed by atoms with Gasteiger partial charge in [-0.2, -0.15) is 13.2 Å². The van der Waals surface area contributed by atoms with Gasteiger partial charge in [0.15, 0.2) is 0 Å². The molecule has 0 unspecified atom stereocenters. The van der Waals surface area contributed by atoms with Crippen molar-refractivity contribution in [2.45, 2.75) is 19.7 Å². The molecule has 2 N–H and O–H groups in total. The molecular formula is C24H19F3N4O3. The predicted molar refractivity (Wildman–Crippen MR) is 121 cm³/mol.